The molecular weight excluding hydrogens is 370 g/mol. The summed E-state index contributed by atoms with van der Waals surface area (Å²) in [7, 11) is -2.49. The van der Waals surface area contributed by atoms with Crippen molar-refractivity contribution < 1.29 is 22.7 Å². The number of fused-ring (bicyclic) bond motifs is 1. The first kappa shape index (κ1) is 21.5. The predicted octanol–water partition coefficient (Wildman–Crippen LogP) is 1.24. The summed E-state index contributed by atoms with van der Waals surface area (Å²) < 4.78 is 38.3. The first-order valence-corrected chi connectivity index (χ1v) is 9.16. The van der Waals surface area contributed by atoms with E-state index in [9.17, 15) is 13.2 Å². The number of methoxy groups -OCH3 is 1. The molecule has 0 saturated heterocycles. The molecule has 2 rings (SSSR count). The van der Waals surface area contributed by atoms with Gasteiger partial charge in [0.1, 0.15) is 16.4 Å². The normalized spacial score (nSPS) is 14.0. The molecular formula is C15H24ClN3O5S. The van der Waals surface area contributed by atoms with Crippen LogP contribution in [0.4, 0.5) is 5.69 Å². The predicted molar refractivity (Wildman–Crippen MR) is 97.1 cm³/mol. The molecule has 1 heterocycles. The molecule has 25 heavy (non-hydrogen) atoms. The van der Waals surface area contributed by atoms with Crippen molar-refractivity contribution in [3.63, 3.8) is 0 Å². The Morgan fingerprint density at radius 2 is 2.00 bits per heavy atom. The molecule has 0 saturated carbocycles. The van der Waals surface area contributed by atoms with Gasteiger partial charge in [0.15, 0.2) is 6.61 Å². The van der Waals surface area contributed by atoms with E-state index in [4.69, 9.17) is 15.2 Å². The molecule has 0 unspecified atom stereocenters. The molecule has 0 aliphatic carbocycles. The lowest BCUT2D eigenvalue weighted by molar-refractivity contribution is -0.118. The van der Waals surface area contributed by atoms with E-state index in [0.717, 1.165) is 0 Å². The van der Waals surface area contributed by atoms with Gasteiger partial charge in [0.05, 0.1) is 12.8 Å². The monoisotopic (exact) mass is 393 g/mol. The first-order chi connectivity index (χ1) is 11.2. The molecule has 0 aromatic heterocycles. The second kappa shape index (κ2) is 8.22. The molecule has 1 aliphatic heterocycles. The number of carbonyl (C=O) groups is 1. The summed E-state index contributed by atoms with van der Waals surface area (Å²) in [6.45, 7) is 3.77. The van der Waals surface area contributed by atoms with Crippen LogP contribution in [0.25, 0.3) is 0 Å². The van der Waals surface area contributed by atoms with Crippen LogP contribution in [-0.4, -0.2) is 40.1 Å². The van der Waals surface area contributed by atoms with Crippen molar-refractivity contribution in [2.24, 2.45) is 5.73 Å². The van der Waals surface area contributed by atoms with Gasteiger partial charge in [0.25, 0.3) is 5.91 Å². The number of nitrogens with two attached hydrogens (primary N) is 1. The second-order valence-electron chi connectivity index (χ2n) is 5.73. The van der Waals surface area contributed by atoms with Crippen LogP contribution >= 0.6 is 12.4 Å². The number of halogens is 1. The number of benzene rings is 1. The molecule has 8 nitrogen and oxygen atoms in total. The fourth-order valence-electron chi connectivity index (χ4n) is 2.27. The first-order valence-electron chi connectivity index (χ1n) is 7.68. The van der Waals surface area contributed by atoms with Crippen LogP contribution in [0.1, 0.15) is 26.7 Å². The highest BCUT2D eigenvalue weighted by atomic mass is 35.5. The Bertz CT molecular complexity index is 735. The van der Waals surface area contributed by atoms with E-state index in [-0.39, 0.29) is 47.9 Å². The molecule has 0 spiro atoms. The van der Waals surface area contributed by atoms with Gasteiger partial charge in [0.2, 0.25) is 10.0 Å². The summed E-state index contributed by atoms with van der Waals surface area (Å²) in [5, 5.41) is 2.61. The maximum absolute atomic E-state index is 12.7. The van der Waals surface area contributed by atoms with E-state index < -0.39 is 15.6 Å². The number of carbonyl (C=O) groups excluding carboxylic acids is 1. The lowest BCUT2D eigenvalue weighted by Crippen LogP contribution is -2.49. The third-order valence-corrected chi connectivity index (χ3v) is 5.63. The Morgan fingerprint density at radius 3 is 2.56 bits per heavy atom. The number of rotatable bonds is 7. The number of nitrogens with one attached hydrogen (secondary N) is 2. The zero-order valence-corrected chi connectivity index (χ0v) is 16.1. The van der Waals surface area contributed by atoms with Gasteiger partial charge in [-0.2, -0.15) is 0 Å². The average Bonchev–Trinajstić information content (AvgIpc) is 2.58. The van der Waals surface area contributed by atoms with E-state index in [1.165, 1.54) is 19.2 Å². The van der Waals surface area contributed by atoms with Gasteiger partial charge in [-0.05, 0) is 12.8 Å². The van der Waals surface area contributed by atoms with E-state index in [1.54, 1.807) is 0 Å². The Balaban J connectivity index is 0.00000312. The van der Waals surface area contributed by atoms with Gasteiger partial charge in [-0.25, -0.2) is 13.1 Å². The second-order valence-corrected chi connectivity index (χ2v) is 7.47. The lowest BCUT2D eigenvalue weighted by Gasteiger charge is -2.27. The largest absolute Gasteiger partial charge is 0.495 e. The standard InChI is InChI=1S/C15H23N3O5S.ClH/c1-4-15(16,5-2)9-17-24(20,21)13-7-11-10(6-12(13)22-3)18-14(19)8-23-11;/h6-7,17H,4-5,8-9,16H2,1-3H3,(H,18,19);1H. The Morgan fingerprint density at radius 1 is 1.36 bits per heavy atom. The van der Waals surface area contributed by atoms with Crippen LogP contribution in [0.3, 0.4) is 0 Å². The maximum atomic E-state index is 12.7. The summed E-state index contributed by atoms with van der Waals surface area (Å²) in [5.41, 5.74) is 5.91. The molecule has 4 N–H and O–H groups in total. The molecule has 1 amide bonds. The zero-order chi connectivity index (χ0) is 18.0. The van der Waals surface area contributed by atoms with Crippen LogP contribution in [-0.2, 0) is 14.8 Å². The summed E-state index contributed by atoms with van der Waals surface area (Å²) in [4.78, 5) is 11.3. The molecule has 1 aliphatic rings. The molecule has 1 aromatic rings. The maximum Gasteiger partial charge on any atom is 0.262 e. The van der Waals surface area contributed by atoms with Gasteiger partial charge in [0, 0.05) is 24.2 Å². The number of sulfonamides is 1. The van der Waals surface area contributed by atoms with Crippen molar-refractivity contribution in [1.82, 2.24) is 4.72 Å². The molecule has 1 aromatic carbocycles. The van der Waals surface area contributed by atoms with Crippen molar-refractivity contribution in [3.8, 4) is 11.5 Å². The smallest absolute Gasteiger partial charge is 0.262 e. The quantitative estimate of drug-likeness (QED) is 0.641. The number of hydrogen-bond donors (Lipinski definition) is 3. The highest BCUT2D eigenvalue weighted by Crippen LogP contribution is 2.37. The Kier molecular flexibility index (Phi) is 7.07. The molecule has 0 fully saturated rings. The van der Waals surface area contributed by atoms with Crippen molar-refractivity contribution in [2.75, 3.05) is 25.6 Å². The average molecular weight is 394 g/mol. The summed E-state index contributed by atoms with van der Waals surface area (Å²) in [5.74, 6) is 0.0838. The topological polar surface area (TPSA) is 120 Å². The van der Waals surface area contributed by atoms with E-state index in [0.29, 0.717) is 18.5 Å². The Hall–Kier alpha value is -1.55. The fourth-order valence-corrected chi connectivity index (χ4v) is 3.58. The number of ether oxygens (including phenoxy) is 2. The molecule has 0 radical (unpaired) electrons. The van der Waals surface area contributed by atoms with E-state index >= 15 is 0 Å². The minimum atomic E-state index is -3.85. The van der Waals surface area contributed by atoms with Crippen LogP contribution in [0.15, 0.2) is 17.0 Å². The minimum Gasteiger partial charge on any atom is -0.495 e. The van der Waals surface area contributed by atoms with Gasteiger partial charge >= 0.3 is 0 Å². The van der Waals surface area contributed by atoms with Crippen LogP contribution in [0.5, 0.6) is 11.5 Å². The number of anilines is 1. The van der Waals surface area contributed by atoms with Crippen molar-refractivity contribution >= 4 is 34.0 Å². The molecule has 142 valence electrons. The summed E-state index contributed by atoms with van der Waals surface area (Å²) in [6, 6.07) is 2.77. The van der Waals surface area contributed by atoms with Crippen LogP contribution in [0.2, 0.25) is 0 Å². The number of amides is 1. The van der Waals surface area contributed by atoms with Gasteiger partial charge < -0.3 is 20.5 Å². The van der Waals surface area contributed by atoms with E-state index in [1.807, 2.05) is 13.8 Å². The summed E-state index contributed by atoms with van der Waals surface area (Å²) >= 11 is 0. The Labute approximate surface area is 153 Å². The molecule has 10 heteroatoms. The highest BCUT2D eigenvalue weighted by Gasteiger charge is 2.28. The van der Waals surface area contributed by atoms with Crippen LogP contribution in [0, 0.1) is 0 Å². The highest BCUT2D eigenvalue weighted by molar-refractivity contribution is 7.89. The zero-order valence-electron chi connectivity index (χ0n) is 14.4. The third-order valence-electron chi connectivity index (χ3n) is 4.21. The molecule has 0 bridgehead atoms. The SMILES string of the molecule is CCC(N)(CC)CNS(=O)(=O)c1cc2c(cc1OC)NC(=O)CO2.Cl. The van der Waals surface area contributed by atoms with Crippen LogP contribution < -0.4 is 25.2 Å². The minimum absolute atomic E-state index is 0. The fraction of sp³-hybridized carbons (Fsp3) is 0.533. The van der Waals surface area contributed by atoms with Crippen molar-refractivity contribution in [1.29, 1.82) is 0 Å². The third kappa shape index (κ3) is 4.75. The van der Waals surface area contributed by atoms with Gasteiger partial charge in [-0.3, -0.25) is 4.79 Å². The molecule has 0 atom stereocenters. The summed E-state index contributed by atoms with van der Waals surface area (Å²) in [6.07, 6.45) is 1.28. The van der Waals surface area contributed by atoms with Gasteiger partial charge in [-0.15, -0.1) is 12.4 Å². The number of hydrogen-bond acceptors (Lipinski definition) is 6. The van der Waals surface area contributed by atoms with Crippen molar-refractivity contribution in [3.05, 3.63) is 12.1 Å². The van der Waals surface area contributed by atoms with Gasteiger partial charge in [-0.1, -0.05) is 13.8 Å². The van der Waals surface area contributed by atoms with E-state index in [2.05, 4.69) is 10.0 Å². The lowest BCUT2D eigenvalue weighted by atomic mass is 9.95. The van der Waals surface area contributed by atoms with Crippen molar-refractivity contribution in [2.45, 2.75) is 37.1 Å².